The number of halogens is 1. The molecule has 6 nitrogen and oxygen atoms in total. The molecule has 3 aromatic rings. The molecule has 3 aromatic carbocycles. The third-order valence-electron chi connectivity index (χ3n) is 4.77. The minimum Gasteiger partial charge on any atom is -0.508 e. The van der Waals surface area contributed by atoms with Gasteiger partial charge in [-0.05, 0) is 63.4 Å². The van der Waals surface area contributed by atoms with Gasteiger partial charge in [0.1, 0.15) is 29.3 Å². The fraction of sp³-hybridized carbons (Fsp3) is 0.310. The highest BCUT2D eigenvalue weighted by Crippen LogP contribution is 2.21. The molecule has 0 saturated carbocycles. The summed E-state index contributed by atoms with van der Waals surface area (Å²) < 4.78 is 22.6. The molecule has 0 bridgehead atoms. The Kier molecular flexibility index (Phi) is 10.5. The minimum absolute atomic E-state index is 0.0370. The summed E-state index contributed by atoms with van der Waals surface area (Å²) in [4.78, 5) is 24.0. The lowest BCUT2D eigenvalue weighted by atomic mass is 10.0. The number of hydrogen-bond donors (Lipinski definition) is 2. The van der Waals surface area contributed by atoms with Crippen molar-refractivity contribution in [3.63, 3.8) is 0 Å². The molecule has 0 fully saturated rings. The van der Waals surface area contributed by atoms with Crippen molar-refractivity contribution in [1.82, 2.24) is 5.32 Å². The molecule has 7 heteroatoms. The van der Waals surface area contributed by atoms with E-state index < -0.39 is 29.5 Å². The van der Waals surface area contributed by atoms with Crippen molar-refractivity contribution >= 4 is 12.1 Å². The van der Waals surface area contributed by atoms with E-state index in [1.54, 1.807) is 27.7 Å². The number of phenolic OH excluding ortho intramolecular Hbond substituents is 1. The number of aromatic hydroxyl groups is 1. The van der Waals surface area contributed by atoms with Crippen LogP contribution in [0.3, 0.4) is 0 Å². The van der Waals surface area contributed by atoms with E-state index in [0.717, 1.165) is 22.8 Å². The molecule has 0 aliphatic carbocycles. The number of esters is 1. The summed E-state index contributed by atoms with van der Waals surface area (Å²) in [5.74, 6) is -0.937. The van der Waals surface area contributed by atoms with Crippen LogP contribution < -0.4 is 5.32 Å². The van der Waals surface area contributed by atoms with Crippen LogP contribution in [0.2, 0.25) is 0 Å². The number of carbonyl (C=O) groups excluding carboxylic acids is 2. The van der Waals surface area contributed by atoms with Crippen molar-refractivity contribution in [3.05, 3.63) is 90.2 Å². The molecule has 2 N–H and O–H groups in total. The first-order valence-electron chi connectivity index (χ1n) is 11.7. The molecule has 1 amide bonds. The second kappa shape index (κ2) is 13.3. The number of ether oxygens (including phenoxy) is 2. The highest BCUT2D eigenvalue weighted by Gasteiger charge is 2.23. The Morgan fingerprint density at radius 3 is 2.14 bits per heavy atom. The molecule has 0 heterocycles. The predicted octanol–water partition coefficient (Wildman–Crippen LogP) is 6.27. The molecule has 2 atom stereocenters. The SMILES string of the molecule is CC(Cc1cccc(-c2ccccc2)c1)OC(=O)[C@H](C)NC(=O)OC(C)(C)C.Oc1cccc(F)c1. The Labute approximate surface area is 212 Å². The van der Waals surface area contributed by atoms with Gasteiger partial charge in [0, 0.05) is 12.5 Å². The Morgan fingerprint density at radius 1 is 0.917 bits per heavy atom. The third kappa shape index (κ3) is 10.6. The van der Waals surface area contributed by atoms with Crippen LogP contribution in [0.25, 0.3) is 11.1 Å². The summed E-state index contributed by atoms with van der Waals surface area (Å²) in [7, 11) is 0. The van der Waals surface area contributed by atoms with Crippen LogP contribution in [0.4, 0.5) is 9.18 Å². The average molecular weight is 496 g/mol. The largest absolute Gasteiger partial charge is 0.508 e. The zero-order chi connectivity index (χ0) is 26.7. The van der Waals surface area contributed by atoms with E-state index in [1.165, 1.54) is 18.2 Å². The van der Waals surface area contributed by atoms with Gasteiger partial charge in [-0.15, -0.1) is 0 Å². The Hall–Kier alpha value is -3.87. The molecule has 0 aliphatic rings. The number of rotatable bonds is 6. The van der Waals surface area contributed by atoms with Gasteiger partial charge in [0.25, 0.3) is 0 Å². The molecule has 1 unspecified atom stereocenters. The first-order chi connectivity index (χ1) is 16.9. The van der Waals surface area contributed by atoms with Gasteiger partial charge in [-0.3, -0.25) is 0 Å². The zero-order valence-electron chi connectivity index (χ0n) is 21.3. The van der Waals surface area contributed by atoms with Gasteiger partial charge in [-0.2, -0.15) is 0 Å². The van der Waals surface area contributed by atoms with Crippen molar-refractivity contribution < 1.29 is 28.6 Å². The molecular weight excluding hydrogens is 461 g/mol. The van der Waals surface area contributed by atoms with Crippen LogP contribution in [0, 0.1) is 5.82 Å². The lowest BCUT2D eigenvalue weighted by molar-refractivity contribution is -0.150. The Balaban J connectivity index is 0.000000482. The standard InChI is InChI=1S/C23H29NO4.C6H5FO/c1-16(27-21(25)17(2)24-22(26)28-23(3,4)5)14-18-10-9-13-20(15-18)19-11-7-6-8-12-19;7-5-2-1-3-6(8)4-5/h6-13,15-17H,14H2,1-5H3,(H,24,26);1-4,8H/t16?,17-;/m0./s1. The van der Waals surface area contributed by atoms with Gasteiger partial charge in [-0.1, -0.05) is 60.7 Å². The lowest BCUT2D eigenvalue weighted by Crippen LogP contribution is -2.43. The van der Waals surface area contributed by atoms with E-state index in [0.29, 0.717) is 6.42 Å². The maximum Gasteiger partial charge on any atom is 0.408 e. The summed E-state index contributed by atoms with van der Waals surface area (Å²) in [5, 5.41) is 11.1. The maximum atomic E-state index is 12.2. The summed E-state index contributed by atoms with van der Waals surface area (Å²) in [5.41, 5.74) is 2.72. The van der Waals surface area contributed by atoms with Crippen molar-refractivity contribution in [1.29, 1.82) is 0 Å². The van der Waals surface area contributed by atoms with Gasteiger partial charge in [0.15, 0.2) is 0 Å². The normalized spacial score (nSPS) is 12.4. The minimum atomic E-state index is -0.784. The van der Waals surface area contributed by atoms with Crippen LogP contribution in [-0.4, -0.2) is 34.9 Å². The molecular formula is C29H34FNO5. The summed E-state index contributed by atoms with van der Waals surface area (Å²) >= 11 is 0. The molecule has 0 radical (unpaired) electrons. The van der Waals surface area contributed by atoms with E-state index in [4.69, 9.17) is 14.6 Å². The third-order valence-corrected chi connectivity index (χ3v) is 4.77. The fourth-order valence-corrected chi connectivity index (χ4v) is 3.20. The summed E-state index contributed by atoms with van der Waals surface area (Å²) in [6.45, 7) is 8.71. The number of alkyl carbamates (subject to hydrolysis) is 1. The molecule has 0 aliphatic heterocycles. The molecule has 0 aromatic heterocycles. The monoisotopic (exact) mass is 495 g/mol. The van der Waals surface area contributed by atoms with E-state index >= 15 is 0 Å². The van der Waals surface area contributed by atoms with Gasteiger partial charge >= 0.3 is 12.1 Å². The van der Waals surface area contributed by atoms with Gasteiger partial charge in [-0.25, -0.2) is 14.0 Å². The topological polar surface area (TPSA) is 84.9 Å². The first kappa shape index (κ1) is 28.4. The summed E-state index contributed by atoms with van der Waals surface area (Å²) in [6.07, 6.45) is -0.368. The molecule has 0 saturated heterocycles. The number of phenols is 1. The van der Waals surface area contributed by atoms with Crippen LogP contribution >= 0.6 is 0 Å². The highest BCUT2D eigenvalue weighted by molar-refractivity contribution is 5.81. The number of benzene rings is 3. The van der Waals surface area contributed by atoms with Crippen LogP contribution in [-0.2, 0) is 20.7 Å². The van der Waals surface area contributed by atoms with E-state index in [2.05, 4.69) is 29.6 Å². The maximum absolute atomic E-state index is 12.2. The van der Waals surface area contributed by atoms with Crippen molar-refractivity contribution in [2.45, 2.75) is 58.8 Å². The molecule has 192 valence electrons. The average Bonchev–Trinajstić information content (AvgIpc) is 2.78. The van der Waals surface area contributed by atoms with E-state index in [1.807, 2.05) is 37.3 Å². The van der Waals surface area contributed by atoms with Crippen LogP contribution in [0.5, 0.6) is 5.75 Å². The Bertz CT molecular complexity index is 1110. The van der Waals surface area contributed by atoms with Gasteiger partial charge in [0.05, 0.1) is 0 Å². The van der Waals surface area contributed by atoms with E-state index in [-0.39, 0.29) is 11.9 Å². The molecule has 0 spiro atoms. The number of amides is 1. The fourth-order valence-electron chi connectivity index (χ4n) is 3.20. The zero-order valence-corrected chi connectivity index (χ0v) is 21.3. The van der Waals surface area contributed by atoms with Crippen LogP contribution in [0.15, 0.2) is 78.9 Å². The van der Waals surface area contributed by atoms with Gasteiger partial charge < -0.3 is 19.9 Å². The second-order valence-electron chi connectivity index (χ2n) is 9.37. The molecule has 3 rings (SSSR count). The van der Waals surface area contributed by atoms with E-state index in [9.17, 15) is 14.0 Å². The summed E-state index contributed by atoms with van der Waals surface area (Å²) in [6, 6.07) is 22.7. The Morgan fingerprint density at radius 2 is 1.56 bits per heavy atom. The second-order valence-corrected chi connectivity index (χ2v) is 9.37. The predicted molar refractivity (Wildman–Crippen MR) is 138 cm³/mol. The smallest absolute Gasteiger partial charge is 0.408 e. The molecule has 36 heavy (non-hydrogen) atoms. The quantitative estimate of drug-likeness (QED) is 0.394. The van der Waals surface area contributed by atoms with Crippen LogP contribution in [0.1, 0.15) is 40.2 Å². The van der Waals surface area contributed by atoms with Crippen molar-refractivity contribution in [2.24, 2.45) is 0 Å². The lowest BCUT2D eigenvalue weighted by Gasteiger charge is -2.22. The number of carbonyl (C=O) groups is 2. The number of nitrogens with one attached hydrogen (secondary N) is 1. The van der Waals surface area contributed by atoms with Crippen molar-refractivity contribution in [3.8, 4) is 16.9 Å². The highest BCUT2D eigenvalue weighted by atomic mass is 19.1. The van der Waals surface area contributed by atoms with Gasteiger partial charge in [0.2, 0.25) is 0 Å². The van der Waals surface area contributed by atoms with Crippen molar-refractivity contribution in [2.75, 3.05) is 0 Å². The number of hydrogen-bond acceptors (Lipinski definition) is 5. The first-order valence-corrected chi connectivity index (χ1v) is 11.7.